The predicted molar refractivity (Wildman–Crippen MR) is 104 cm³/mol. The fourth-order valence-electron chi connectivity index (χ4n) is 7.77. The molecular formula is C22H34BrFO. The van der Waals surface area contributed by atoms with E-state index in [1.165, 1.54) is 31.3 Å². The first-order chi connectivity index (χ1) is 11.8. The topological polar surface area (TPSA) is 20.2 Å². The van der Waals surface area contributed by atoms with Crippen LogP contribution in [0, 0.1) is 40.9 Å². The van der Waals surface area contributed by atoms with Gasteiger partial charge in [0.15, 0.2) is 0 Å². The molecular weight excluding hydrogens is 379 g/mol. The number of aliphatic hydroxyl groups is 1. The van der Waals surface area contributed by atoms with E-state index in [2.05, 4.69) is 29.4 Å². The van der Waals surface area contributed by atoms with Gasteiger partial charge in [-0.1, -0.05) is 35.0 Å². The Hall–Kier alpha value is 0.110. The highest BCUT2D eigenvalue weighted by atomic mass is 79.9. The molecule has 3 heteroatoms. The summed E-state index contributed by atoms with van der Waals surface area (Å²) in [6.07, 6.45) is 7.65. The minimum Gasteiger partial charge on any atom is -0.390 e. The highest BCUT2D eigenvalue weighted by Gasteiger charge is 2.59. The summed E-state index contributed by atoms with van der Waals surface area (Å²) in [6.45, 7) is 8.73. The lowest BCUT2D eigenvalue weighted by Gasteiger charge is -2.57. The molecule has 0 spiro atoms. The Bertz CT molecular complexity index is 546. The van der Waals surface area contributed by atoms with Gasteiger partial charge in [0.05, 0.1) is 5.60 Å². The van der Waals surface area contributed by atoms with E-state index in [9.17, 15) is 5.11 Å². The minimum absolute atomic E-state index is 0.101. The number of hydrogen-bond acceptors (Lipinski definition) is 1. The van der Waals surface area contributed by atoms with Crippen LogP contribution in [0.2, 0.25) is 0 Å². The van der Waals surface area contributed by atoms with Gasteiger partial charge >= 0.3 is 0 Å². The average molecular weight is 413 g/mol. The molecule has 142 valence electrons. The molecule has 0 bridgehead atoms. The van der Waals surface area contributed by atoms with Gasteiger partial charge in [0, 0.05) is 5.33 Å². The van der Waals surface area contributed by atoms with Gasteiger partial charge in [-0.2, -0.15) is 0 Å². The van der Waals surface area contributed by atoms with Gasteiger partial charge in [-0.05, 0) is 99.2 Å². The van der Waals surface area contributed by atoms with E-state index in [0.717, 1.165) is 24.6 Å². The van der Waals surface area contributed by atoms with Gasteiger partial charge in [-0.15, -0.1) is 0 Å². The maximum Gasteiger partial charge on any atom is 0.104 e. The quantitative estimate of drug-likeness (QED) is 0.441. The van der Waals surface area contributed by atoms with E-state index < -0.39 is 11.8 Å². The summed E-state index contributed by atoms with van der Waals surface area (Å²) in [7, 11) is 0. The zero-order valence-electron chi connectivity index (χ0n) is 15.8. The number of rotatable bonds is 2. The van der Waals surface area contributed by atoms with Crippen molar-refractivity contribution < 1.29 is 9.50 Å². The molecule has 0 unspecified atom stereocenters. The van der Waals surface area contributed by atoms with E-state index >= 15 is 4.39 Å². The van der Waals surface area contributed by atoms with Gasteiger partial charge < -0.3 is 5.11 Å². The highest BCUT2D eigenvalue weighted by Crippen LogP contribution is 2.65. The van der Waals surface area contributed by atoms with E-state index in [4.69, 9.17) is 0 Å². The van der Waals surface area contributed by atoms with E-state index in [0.29, 0.717) is 41.4 Å². The number of halogens is 2. The van der Waals surface area contributed by atoms with Crippen molar-refractivity contribution in [2.45, 2.75) is 77.0 Å². The lowest BCUT2D eigenvalue weighted by atomic mass is 9.48. The molecule has 4 saturated carbocycles. The molecule has 25 heavy (non-hydrogen) atoms. The summed E-state index contributed by atoms with van der Waals surface area (Å²) in [4.78, 5) is 0. The second kappa shape index (κ2) is 6.33. The van der Waals surface area contributed by atoms with Gasteiger partial charge in [0.1, 0.15) is 6.17 Å². The van der Waals surface area contributed by atoms with Gasteiger partial charge in [0.2, 0.25) is 0 Å². The molecule has 4 fully saturated rings. The van der Waals surface area contributed by atoms with E-state index in [1.54, 1.807) is 0 Å². The Kier molecular flexibility index (Phi) is 4.68. The molecule has 9 atom stereocenters. The molecule has 0 amide bonds. The number of fused-ring (bicyclic) bond motifs is 5. The molecule has 0 aliphatic heterocycles. The summed E-state index contributed by atoms with van der Waals surface area (Å²) in [6, 6.07) is 0. The number of allylic oxidation sites excluding steroid dienone is 1. The zero-order chi connectivity index (χ0) is 18.0. The van der Waals surface area contributed by atoms with Crippen molar-refractivity contribution in [3.63, 3.8) is 0 Å². The maximum atomic E-state index is 15.2. The van der Waals surface area contributed by atoms with Crippen LogP contribution in [0.15, 0.2) is 12.2 Å². The van der Waals surface area contributed by atoms with Crippen LogP contribution in [-0.4, -0.2) is 22.2 Å². The van der Waals surface area contributed by atoms with E-state index in [-0.39, 0.29) is 5.92 Å². The Balaban J connectivity index is 1.58. The van der Waals surface area contributed by atoms with Gasteiger partial charge in [-0.3, -0.25) is 0 Å². The normalized spacial score (nSPS) is 55.2. The Morgan fingerprint density at radius 1 is 1.08 bits per heavy atom. The Morgan fingerprint density at radius 2 is 1.76 bits per heavy atom. The number of hydrogen-bond donors (Lipinski definition) is 1. The smallest absolute Gasteiger partial charge is 0.104 e. The van der Waals surface area contributed by atoms with Crippen molar-refractivity contribution in [1.29, 1.82) is 0 Å². The predicted octanol–water partition coefficient (Wildman–Crippen LogP) is 5.91. The van der Waals surface area contributed by atoms with Crippen LogP contribution in [0.3, 0.4) is 0 Å². The first kappa shape index (κ1) is 18.5. The highest BCUT2D eigenvalue weighted by molar-refractivity contribution is 9.09. The van der Waals surface area contributed by atoms with Crippen LogP contribution in [0.4, 0.5) is 4.39 Å². The molecule has 4 aliphatic carbocycles. The Labute approximate surface area is 161 Å². The van der Waals surface area contributed by atoms with Crippen molar-refractivity contribution >= 4 is 15.9 Å². The molecule has 0 aromatic heterocycles. The first-order valence-corrected chi connectivity index (χ1v) is 11.5. The summed E-state index contributed by atoms with van der Waals surface area (Å²) in [5, 5.41) is 11.4. The second-order valence-electron chi connectivity index (χ2n) is 10.2. The third-order valence-corrected chi connectivity index (χ3v) is 9.63. The van der Waals surface area contributed by atoms with E-state index in [1.807, 2.05) is 6.92 Å². The third kappa shape index (κ3) is 2.87. The van der Waals surface area contributed by atoms with Crippen molar-refractivity contribution in [1.82, 2.24) is 0 Å². The molecule has 4 rings (SSSR count). The molecule has 0 saturated heterocycles. The molecule has 0 heterocycles. The van der Waals surface area contributed by atoms with Crippen LogP contribution in [-0.2, 0) is 0 Å². The largest absolute Gasteiger partial charge is 0.390 e. The lowest BCUT2D eigenvalue weighted by molar-refractivity contribution is -0.125. The monoisotopic (exact) mass is 412 g/mol. The SMILES string of the molecule is C=C(CBr)[C@H]1CC[C@H]2[C@@H]3C[C@@H](F)[C@H]4C[C@@](C)(O)CC[C@@H]4[C@H]3CC[C@]12C. The average Bonchev–Trinajstić information content (AvgIpc) is 2.91. The molecule has 1 nitrogen and oxygen atoms in total. The lowest BCUT2D eigenvalue weighted by Crippen LogP contribution is -2.54. The van der Waals surface area contributed by atoms with Crippen LogP contribution in [0.5, 0.6) is 0 Å². The zero-order valence-corrected chi connectivity index (χ0v) is 17.4. The van der Waals surface area contributed by atoms with Crippen molar-refractivity contribution in [3.8, 4) is 0 Å². The summed E-state index contributed by atoms with van der Waals surface area (Å²) < 4.78 is 15.2. The first-order valence-electron chi connectivity index (χ1n) is 10.4. The molecule has 0 radical (unpaired) electrons. The van der Waals surface area contributed by atoms with Gasteiger partial charge in [0.25, 0.3) is 0 Å². The van der Waals surface area contributed by atoms with Crippen LogP contribution >= 0.6 is 15.9 Å². The fraction of sp³-hybridized carbons (Fsp3) is 0.909. The minimum atomic E-state index is -0.709. The van der Waals surface area contributed by atoms with Crippen LogP contribution in [0.1, 0.15) is 65.2 Å². The van der Waals surface area contributed by atoms with Gasteiger partial charge in [-0.25, -0.2) is 4.39 Å². The maximum absolute atomic E-state index is 15.2. The fourth-order valence-corrected chi connectivity index (χ4v) is 8.16. The Morgan fingerprint density at radius 3 is 2.48 bits per heavy atom. The standard InChI is InChI=1S/C22H34BrFO/c1-13(12-23)18-4-5-19-16-10-20(24)17-11-21(2,25)8-6-15(17)14(16)7-9-22(18,19)3/h14-20,25H,1,4-12H2,2-3H3/t14-,15-,16-,17+,18-,19+,20-,21+,22-/m1/s1. The van der Waals surface area contributed by atoms with Crippen molar-refractivity contribution in [3.05, 3.63) is 12.2 Å². The molecule has 4 aliphatic rings. The van der Waals surface area contributed by atoms with Crippen LogP contribution in [0.25, 0.3) is 0 Å². The third-order valence-electron chi connectivity index (χ3n) is 8.91. The summed E-state index contributed by atoms with van der Waals surface area (Å²) in [5.74, 6) is 3.16. The second-order valence-corrected chi connectivity index (χ2v) is 10.8. The molecule has 0 aromatic carbocycles. The van der Waals surface area contributed by atoms with Crippen molar-refractivity contribution in [2.24, 2.45) is 40.9 Å². The molecule has 0 aromatic rings. The molecule has 1 N–H and O–H groups in total. The van der Waals surface area contributed by atoms with Crippen LogP contribution < -0.4 is 0 Å². The number of alkyl halides is 2. The summed E-state index contributed by atoms with van der Waals surface area (Å²) >= 11 is 3.62. The summed E-state index contributed by atoms with van der Waals surface area (Å²) in [5.41, 5.74) is 1.04. The van der Waals surface area contributed by atoms with Crippen molar-refractivity contribution in [2.75, 3.05) is 5.33 Å².